The molecule has 0 bridgehead atoms. The summed E-state index contributed by atoms with van der Waals surface area (Å²) in [5.41, 5.74) is 2.91. The number of rotatable bonds is 5. The molecule has 2 rings (SSSR count). The molecule has 2 aromatic rings. The van der Waals surface area contributed by atoms with Crippen LogP contribution in [-0.4, -0.2) is 14.1 Å². The molecule has 0 saturated heterocycles. The fourth-order valence-electron chi connectivity index (χ4n) is 1.96. The van der Waals surface area contributed by atoms with E-state index in [2.05, 4.69) is 5.43 Å². The van der Waals surface area contributed by atoms with E-state index in [0.29, 0.717) is 12.1 Å². The SMILES string of the molecule is CCn1ccn(Cc2ccc(NN)c([N+](=O)[O-])c2)c1=O. The van der Waals surface area contributed by atoms with Gasteiger partial charge in [0.05, 0.1) is 11.5 Å². The number of nitrogens with two attached hydrogens (primary N) is 1. The van der Waals surface area contributed by atoms with Crippen LogP contribution >= 0.6 is 0 Å². The van der Waals surface area contributed by atoms with Gasteiger partial charge in [-0.05, 0) is 18.6 Å². The second kappa shape index (κ2) is 5.57. The number of nitrogens with one attached hydrogen (secondary N) is 1. The minimum atomic E-state index is -0.515. The molecule has 0 aliphatic carbocycles. The number of nitro groups is 1. The maximum Gasteiger partial charge on any atom is 0.328 e. The number of nitro benzene ring substituents is 1. The Morgan fingerprint density at radius 1 is 1.35 bits per heavy atom. The topological polar surface area (TPSA) is 108 Å². The minimum Gasteiger partial charge on any atom is -0.318 e. The lowest BCUT2D eigenvalue weighted by atomic mass is 10.1. The summed E-state index contributed by atoms with van der Waals surface area (Å²) in [5, 5.41) is 10.9. The number of aryl methyl sites for hydroxylation is 1. The first kappa shape index (κ1) is 13.8. The van der Waals surface area contributed by atoms with Crippen LogP contribution in [0.5, 0.6) is 0 Å². The van der Waals surface area contributed by atoms with Gasteiger partial charge < -0.3 is 5.43 Å². The van der Waals surface area contributed by atoms with Crippen molar-refractivity contribution in [3.63, 3.8) is 0 Å². The quantitative estimate of drug-likeness (QED) is 0.480. The zero-order valence-corrected chi connectivity index (χ0v) is 10.9. The normalized spacial score (nSPS) is 10.5. The van der Waals surface area contributed by atoms with Crippen molar-refractivity contribution in [1.29, 1.82) is 0 Å². The number of imidazole rings is 1. The number of hydrogen-bond donors (Lipinski definition) is 2. The highest BCUT2D eigenvalue weighted by Gasteiger charge is 2.14. The molecule has 0 spiro atoms. The summed E-state index contributed by atoms with van der Waals surface area (Å²) in [5.74, 6) is 5.22. The number of anilines is 1. The van der Waals surface area contributed by atoms with Crippen molar-refractivity contribution >= 4 is 11.4 Å². The monoisotopic (exact) mass is 277 g/mol. The average Bonchev–Trinajstić information content (AvgIpc) is 2.79. The second-order valence-corrected chi connectivity index (χ2v) is 4.25. The molecule has 8 nitrogen and oxygen atoms in total. The van der Waals surface area contributed by atoms with Gasteiger partial charge in [-0.15, -0.1) is 0 Å². The van der Waals surface area contributed by atoms with Crippen molar-refractivity contribution in [2.75, 3.05) is 5.43 Å². The van der Waals surface area contributed by atoms with Crippen molar-refractivity contribution in [2.45, 2.75) is 20.0 Å². The fourth-order valence-corrected chi connectivity index (χ4v) is 1.96. The van der Waals surface area contributed by atoms with E-state index >= 15 is 0 Å². The van der Waals surface area contributed by atoms with Crippen LogP contribution in [0.25, 0.3) is 0 Å². The third kappa shape index (κ3) is 2.54. The lowest BCUT2D eigenvalue weighted by molar-refractivity contribution is -0.384. The van der Waals surface area contributed by atoms with Crippen molar-refractivity contribution < 1.29 is 4.92 Å². The van der Waals surface area contributed by atoms with E-state index in [1.165, 1.54) is 16.7 Å². The highest BCUT2D eigenvalue weighted by atomic mass is 16.6. The van der Waals surface area contributed by atoms with Crippen LogP contribution in [0.2, 0.25) is 0 Å². The molecule has 0 aliphatic rings. The smallest absolute Gasteiger partial charge is 0.318 e. The Hall–Kier alpha value is -2.61. The lowest BCUT2D eigenvalue weighted by Crippen LogP contribution is -2.23. The number of hydrazine groups is 1. The Morgan fingerprint density at radius 2 is 2.05 bits per heavy atom. The standard InChI is InChI=1S/C12H15N5O3/c1-2-15-5-6-16(12(15)18)8-9-3-4-10(14-13)11(7-9)17(19)20/h3-7,14H,2,8,13H2,1H3. The van der Waals surface area contributed by atoms with Gasteiger partial charge in [-0.3, -0.25) is 25.1 Å². The van der Waals surface area contributed by atoms with E-state index in [1.54, 1.807) is 23.0 Å². The zero-order valence-electron chi connectivity index (χ0n) is 10.9. The van der Waals surface area contributed by atoms with Crippen LogP contribution in [0.1, 0.15) is 12.5 Å². The summed E-state index contributed by atoms with van der Waals surface area (Å²) in [4.78, 5) is 22.3. The van der Waals surface area contributed by atoms with Crippen molar-refractivity contribution in [3.8, 4) is 0 Å². The predicted molar refractivity (Wildman–Crippen MR) is 74.4 cm³/mol. The summed E-state index contributed by atoms with van der Waals surface area (Å²) >= 11 is 0. The molecule has 8 heteroatoms. The second-order valence-electron chi connectivity index (χ2n) is 4.25. The molecular weight excluding hydrogens is 262 g/mol. The Labute approximate surface area is 114 Å². The number of aromatic nitrogens is 2. The Morgan fingerprint density at radius 3 is 2.60 bits per heavy atom. The van der Waals surface area contributed by atoms with Gasteiger partial charge in [0.25, 0.3) is 5.69 Å². The van der Waals surface area contributed by atoms with Crippen LogP contribution in [0.3, 0.4) is 0 Å². The first-order valence-electron chi connectivity index (χ1n) is 6.06. The van der Waals surface area contributed by atoms with Crippen LogP contribution in [-0.2, 0) is 13.1 Å². The van der Waals surface area contributed by atoms with Crippen LogP contribution in [0.4, 0.5) is 11.4 Å². The van der Waals surface area contributed by atoms with E-state index < -0.39 is 4.92 Å². The number of hydrogen-bond acceptors (Lipinski definition) is 5. The molecule has 1 aromatic carbocycles. The Kier molecular flexibility index (Phi) is 3.85. The summed E-state index contributed by atoms with van der Waals surface area (Å²) in [6.07, 6.45) is 3.35. The summed E-state index contributed by atoms with van der Waals surface area (Å²) < 4.78 is 3.06. The van der Waals surface area contributed by atoms with Crippen LogP contribution in [0.15, 0.2) is 35.4 Å². The van der Waals surface area contributed by atoms with Gasteiger partial charge in [-0.1, -0.05) is 6.07 Å². The van der Waals surface area contributed by atoms with Gasteiger partial charge in [0.2, 0.25) is 0 Å². The number of benzene rings is 1. The maximum atomic E-state index is 11.9. The molecule has 106 valence electrons. The molecule has 0 saturated carbocycles. The molecule has 0 unspecified atom stereocenters. The fraction of sp³-hybridized carbons (Fsp3) is 0.250. The lowest BCUT2D eigenvalue weighted by Gasteiger charge is -2.05. The highest BCUT2D eigenvalue weighted by Crippen LogP contribution is 2.24. The first-order chi connectivity index (χ1) is 9.56. The third-order valence-electron chi connectivity index (χ3n) is 3.03. The van der Waals surface area contributed by atoms with Gasteiger partial charge in [-0.25, -0.2) is 4.79 Å². The minimum absolute atomic E-state index is 0.118. The van der Waals surface area contributed by atoms with Crippen LogP contribution in [0, 0.1) is 10.1 Å². The largest absolute Gasteiger partial charge is 0.328 e. The molecule has 0 fully saturated rings. The van der Waals surface area contributed by atoms with E-state index in [1.807, 2.05) is 6.92 Å². The molecule has 0 amide bonds. The summed E-state index contributed by atoms with van der Waals surface area (Å²) in [6.45, 7) is 2.73. The van der Waals surface area contributed by atoms with E-state index in [4.69, 9.17) is 5.84 Å². The molecule has 1 aromatic heterocycles. The number of nitrogen functional groups attached to an aromatic ring is 1. The van der Waals surface area contributed by atoms with Gasteiger partial charge in [0.15, 0.2) is 0 Å². The van der Waals surface area contributed by atoms with Gasteiger partial charge in [0.1, 0.15) is 5.69 Å². The van der Waals surface area contributed by atoms with E-state index in [9.17, 15) is 14.9 Å². The molecule has 0 radical (unpaired) electrons. The van der Waals surface area contributed by atoms with Gasteiger partial charge in [0, 0.05) is 25.0 Å². The zero-order chi connectivity index (χ0) is 14.7. The van der Waals surface area contributed by atoms with E-state index in [-0.39, 0.29) is 23.6 Å². The van der Waals surface area contributed by atoms with Crippen molar-refractivity contribution in [3.05, 3.63) is 56.8 Å². The molecule has 0 atom stereocenters. The molecule has 3 N–H and O–H groups in total. The molecule has 1 heterocycles. The van der Waals surface area contributed by atoms with Crippen molar-refractivity contribution in [2.24, 2.45) is 5.84 Å². The molecule has 20 heavy (non-hydrogen) atoms. The third-order valence-corrected chi connectivity index (χ3v) is 3.03. The van der Waals surface area contributed by atoms with Gasteiger partial charge >= 0.3 is 5.69 Å². The Bertz CT molecular complexity index is 689. The maximum absolute atomic E-state index is 11.9. The number of nitrogens with zero attached hydrogens (tertiary/aromatic N) is 3. The summed E-state index contributed by atoms with van der Waals surface area (Å²) in [6, 6.07) is 4.62. The van der Waals surface area contributed by atoms with Crippen LogP contribution < -0.4 is 17.0 Å². The predicted octanol–water partition coefficient (Wildman–Crippen LogP) is 0.912. The highest BCUT2D eigenvalue weighted by molar-refractivity contribution is 5.61. The summed E-state index contributed by atoms with van der Waals surface area (Å²) in [7, 11) is 0. The first-order valence-corrected chi connectivity index (χ1v) is 6.06. The Balaban J connectivity index is 2.34. The average molecular weight is 277 g/mol. The van der Waals surface area contributed by atoms with Gasteiger partial charge in [-0.2, -0.15) is 0 Å². The van der Waals surface area contributed by atoms with E-state index in [0.717, 1.165) is 0 Å². The molecular formula is C12H15N5O3. The van der Waals surface area contributed by atoms with Crippen molar-refractivity contribution in [1.82, 2.24) is 9.13 Å². The molecule has 0 aliphatic heterocycles.